The molecule has 0 radical (unpaired) electrons. The van der Waals surface area contributed by atoms with Gasteiger partial charge >= 0.3 is 0 Å². The first kappa shape index (κ1) is 18.9. The minimum absolute atomic E-state index is 0.0754. The van der Waals surface area contributed by atoms with Crippen LogP contribution in [0.5, 0.6) is 0 Å². The second-order valence-electron chi connectivity index (χ2n) is 7.56. The molecule has 2 fully saturated rings. The van der Waals surface area contributed by atoms with Gasteiger partial charge in [0.05, 0.1) is 6.04 Å². The van der Waals surface area contributed by atoms with Crippen LogP contribution in [0.3, 0.4) is 0 Å². The Labute approximate surface area is 156 Å². The normalized spacial score (nSPS) is 23.9. The molecule has 1 aromatic carbocycles. The van der Waals surface area contributed by atoms with Crippen molar-refractivity contribution in [3.05, 3.63) is 35.9 Å². The number of hydrogen-bond donors (Lipinski definition) is 2. The highest BCUT2D eigenvalue weighted by Gasteiger charge is 2.37. The Hall–Kier alpha value is -1.88. The topological polar surface area (TPSA) is 61.4 Å². The maximum atomic E-state index is 12.5. The number of rotatable bonds is 7. The minimum atomic E-state index is -0.146. The Kier molecular flexibility index (Phi) is 6.67. The van der Waals surface area contributed by atoms with Gasteiger partial charge in [-0.3, -0.25) is 14.5 Å². The van der Waals surface area contributed by atoms with Gasteiger partial charge in [-0.05, 0) is 38.2 Å². The summed E-state index contributed by atoms with van der Waals surface area (Å²) in [6, 6.07) is 10.3. The van der Waals surface area contributed by atoms with Gasteiger partial charge in [-0.1, -0.05) is 43.2 Å². The van der Waals surface area contributed by atoms with E-state index in [2.05, 4.69) is 27.7 Å². The monoisotopic (exact) mass is 357 g/mol. The van der Waals surface area contributed by atoms with Crippen molar-refractivity contribution in [3.8, 4) is 0 Å². The highest BCUT2D eigenvalue weighted by molar-refractivity contribution is 5.83. The molecule has 1 aliphatic carbocycles. The molecule has 0 bridgehead atoms. The van der Waals surface area contributed by atoms with E-state index in [1.807, 2.05) is 25.1 Å². The van der Waals surface area contributed by atoms with E-state index in [9.17, 15) is 9.59 Å². The van der Waals surface area contributed by atoms with Gasteiger partial charge in [0.25, 0.3) is 0 Å². The van der Waals surface area contributed by atoms with E-state index in [-0.39, 0.29) is 29.8 Å². The zero-order valence-electron chi connectivity index (χ0n) is 15.7. The van der Waals surface area contributed by atoms with Gasteiger partial charge in [-0.25, -0.2) is 0 Å². The van der Waals surface area contributed by atoms with Crippen molar-refractivity contribution in [2.24, 2.45) is 5.92 Å². The van der Waals surface area contributed by atoms with Crippen LogP contribution in [-0.4, -0.2) is 48.4 Å². The molecule has 1 aromatic rings. The van der Waals surface area contributed by atoms with Crippen molar-refractivity contribution in [2.75, 3.05) is 19.6 Å². The molecule has 1 saturated carbocycles. The van der Waals surface area contributed by atoms with E-state index in [1.165, 1.54) is 5.56 Å². The van der Waals surface area contributed by atoms with E-state index >= 15 is 0 Å². The van der Waals surface area contributed by atoms with Crippen LogP contribution < -0.4 is 10.6 Å². The Morgan fingerprint density at radius 3 is 2.54 bits per heavy atom. The molecule has 1 saturated heterocycles. The van der Waals surface area contributed by atoms with Gasteiger partial charge in [0, 0.05) is 31.6 Å². The fourth-order valence-electron chi connectivity index (χ4n) is 4.24. The average molecular weight is 357 g/mol. The van der Waals surface area contributed by atoms with Crippen LogP contribution in [0.25, 0.3) is 0 Å². The van der Waals surface area contributed by atoms with E-state index in [0.717, 1.165) is 45.2 Å². The molecule has 142 valence electrons. The Morgan fingerprint density at radius 1 is 1.12 bits per heavy atom. The summed E-state index contributed by atoms with van der Waals surface area (Å²) < 4.78 is 0. The molecule has 2 aliphatic rings. The summed E-state index contributed by atoms with van der Waals surface area (Å²) in [5.74, 6) is 0.446. The van der Waals surface area contributed by atoms with Crippen molar-refractivity contribution in [3.63, 3.8) is 0 Å². The molecular weight excluding hydrogens is 326 g/mol. The first-order chi connectivity index (χ1) is 12.7. The number of benzene rings is 1. The highest BCUT2D eigenvalue weighted by Crippen LogP contribution is 2.26. The van der Waals surface area contributed by atoms with E-state index in [0.29, 0.717) is 13.0 Å². The standard InChI is InChI=1S/C21H31N3O2/c1-2-22-21(26)19-14-18(23-20(25)17-10-6-7-11-17)15-24(19)13-12-16-8-4-3-5-9-16/h3-5,8-9,17-19H,2,6-7,10-15H2,1H3,(H,22,26)(H,23,25)/t18-,19+/m1/s1. The predicted molar refractivity (Wildman–Crippen MR) is 103 cm³/mol. The summed E-state index contributed by atoms with van der Waals surface area (Å²) in [5, 5.41) is 6.17. The fourth-order valence-corrected chi connectivity index (χ4v) is 4.24. The van der Waals surface area contributed by atoms with Crippen molar-refractivity contribution in [2.45, 2.75) is 57.5 Å². The Balaban J connectivity index is 1.59. The number of carbonyl (C=O) groups excluding carboxylic acids is 2. The zero-order valence-corrected chi connectivity index (χ0v) is 15.7. The average Bonchev–Trinajstić information content (AvgIpc) is 3.31. The van der Waals surface area contributed by atoms with Gasteiger partial charge in [0.15, 0.2) is 0 Å². The summed E-state index contributed by atoms with van der Waals surface area (Å²) in [4.78, 5) is 27.2. The van der Waals surface area contributed by atoms with Crippen LogP contribution in [0.1, 0.15) is 44.6 Å². The lowest BCUT2D eigenvalue weighted by Crippen LogP contribution is -2.43. The second kappa shape index (κ2) is 9.17. The third kappa shape index (κ3) is 4.85. The number of amides is 2. The highest BCUT2D eigenvalue weighted by atomic mass is 16.2. The third-order valence-corrected chi connectivity index (χ3v) is 5.66. The minimum Gasteiger partial charge on any atom is -0.355 e. The lowest BCUT2D eigenvalue weighted by atomic mass is 10.1. The molecule has 1 aliphatic heterocycles. The van der Waals surface area contributed by atoms with Crippen LogP contribution in [0.4, 0.5) is 0 Å². The van der Waals surface area contributed by atoms with Gasteiger partial charge in [0.2, 0.25) is 11.8 Å². The van der Waals surface area contributed by atoms with E-state index in [1.54, 1.807) is 0 Å². The van der Waals surface area contributed by atoms with Crippen LogP contribution in [0.15, 0.2) is 30.3 Å². The van der Waals surface area contributed by atoms with Gasteiger partial charge < -0.3 is 10.6 Å². The Bertz CT molecular complexity index is 599. The maximum absolute atomic E-state index is 12.5. The number of likely N-dealkylation sites (N-methyl/N-ethyl adjacent to an activating group) is 1. The second-order valence-corrected chi connectivity index (χ2v) is 7.56. The van der Waals surface area contributed by atoms with Crippen LogP contribution in [-0.2, 0) is 16.0 Å². The molecule has 5 heteroatoms. The predicted octanol–water partition coefficient (Wildman–Crippen LogP) is 2.11. The molecule has 1 heterocycles. The largest absolute Gasteiger partial charge is 0.355 e. The molecule has 0 spiro atoms. The van der Waals surface area contributed by atoms with Crippen molar-refractivity contribution in [1.82, 2.24) is 15.5 Å². The molecule has 2 atom stereocenters. The van der Waals surface area contributed by atoms with Crippen LogP contribution in [0, 0.1) is 5.92 Å². The smallest absolute Gasteiger partial charge is 0.237 e. The fraction of sp³-hybridized carbons (Fsp3) is 0.619. The summed E-state index contributed by atoms with van der Waals surface area (Å²) in [5.41, 5.74) is 1.28. The van der Waals surface area contributed by atoms with Gasteiger partial charge in [0.1, 0.15) is 0 Å². The van der Waals surface area contributed by atoms with Gasteiger partial charge in [-0.15, -0.1) is 0 Å². The first-order valence-electron chi connectivity index (χ1n) is 10.0. The molecule has 0 unspecified atom stereocenters. The Morgan fingerprint density at radius 2 is 1.85 bits per heavy atom. The molecule has 3 rings (SSSR count). The van der Waals surface area contributed by atoms with Crippen molar-refractivity contribution < 1.29 is 9.59 Å². The molecular formula is C21H31N3O2. The molecule has 0 aromatic heterocycles. The lowest BCUT2D eigenvalue weighted by Gasteiger charge is -2.23. The number of hydrogen-bond acceptors (Lipinski definition) is 3. The van der Waals surface area contributed by atoms with Gasteiger partial charge in [-0.2, -0.15) is 0 Å². The van der Waals surface area contributed by atoms with Crippen molar-refractivity contribution in [1.29, 1.82) is 0 Å². The first-order valence-corrected chi connectivity index (χ1v) is 10.0. The summed E-state index contributed by atoms with van der Waals surface area (Å²) in [7, 11) is 0. The molecule has 5 nitrogen and oxygen atoms in total. The number of likely N-dealkylation sites (tertiary alicyclic amines) is 1. The molecule has 2 amide bonds. The van der Waals surface area contributed by atoms with E-state index < -0.39 is 0 Å². The quantitative estimate of drug-likeness (QED) is 0.786. The lowest BCUT2D eigenvalue weighted by molar-refractivity contribution is -0.126. The third-order valence-electron chi connectivity index (χ3n) is 5.66. The SMILES string of the molecule is CCNC(=O)[C@@H]1C[C@@H](NC(=O)C2CCCC2)CN1CCc1ccccc1. The van der Waals surface area contributed by atoms with Crippen molar-refractivity contribution >= 4 is 11.8 Å². The zero-order chi connectivity index (χ0) is 18.4. The number of nitrogens with one attached hydrogen (secondary N) is 2. The number of nitrogens with zero attached hydrogens (tertiary/aromatic N) is 1. The summed E-state index contributed by atoms with van der Waals surface area (Å²) in [6.45, 7) is 4.18. The number of carbonyl (C=O) groups is 2. The van der Waals surface area contributed by atoms with Crippen LogP contribution in [0.2, 0.25) is 0 Å². The molecule has 26 heavy (non-hydrogen) atoms. The summed E-state index contributed by atoms with van der Waals surface area (Å²) >= 11 is 0. The van der Waals surface area contributed by atoms with E-state index in [4.69, 9.17) is 0 Å². The maximum Gasteiger partial charge on any atom is 0.237 e. The molecule has 2 N–H and O–H groups in total. The summed E-state index contributed by atoms with van der Waals surface area (Å²) in [6.07, 6.45) is 5.96. The van der Waals surface area contributed by atoms with Crippen LogP contribution >= 0.6 is 0 Å².